The molecule has 1 aliphatic heterocycles. The Morgan fingerprint density at radius 2 is 2.03 bits per heavy atom. The number of ether oxygens (including phenoxy) is 1. The van der Waals surface area contributed by atoms with Crippen LogP contribution in [-0.2, 0) is 14.8 Å². The van der Waals surface area contributed by atoms with Gasteiger partial charge in [0.2, 0.25) is 5.91 Å². The summed E-state index contributed by atoms with van der Waals surface area (Å²) in [6.07, 6.45) is 4.35. The van der Waals surface area contributed by atoms with Crippen LogP contribution in [0.5, 0.6) is 5.75 Å². The number of hydrogen-bond donors (Lipinski definition) is 1. The molecule has 1 atom stereocenters. The summed E-state index contributed by atoms with van der Waals surface area (Å²) >= 11 is 0. The second-order valence-electron chi connectivity index (χ2n) is 7.40. The lowest BCUT2D eigenvalue weighted by Gasteiger charge is -2.30. The van der Waals surface area contributed by atoms with Gasteiger partial charge in [-0.2, -0.15) is 4.31 Å². The van der Waals surface area contributed by atoms with Crippen molar-refractivity contribution in [3.8, 4) is 5.75 Å². The van der Waals surface area contributed by atoms with E-state index in [1.165, 1.54) is 10.6 Å². The molecule has 0 aliphatic carbocycles. The monoisotopic (exact) mass is 420 g/mol. The van der Waals surface area contributed by atoms with Gasteiger partial charge in [0.25, 0.3) is 10.0 Å². The zero-order valence-electron chi connectivity index (χ0n) is 17.0. The van der Waals surface area contributed by atoms with Crippen LogP contribution in [0.15, 0.2) is 41.8 Å². The number of amides is 1. The van der Waals surface area contributed by atoms with Crippen molar-refractivity contribution in [3.05, 3.63) is 36.8 Å². The minimum atomic E-state index is -3.72. The van der Waals surface area contributed by atoms with Gasteiger partial charge in [0.15, 0.2) is 5.03 Å². The summed E-state index contributed by atoms with van der Waals surface area (Å²) < 4.78 is 34.4. The Labute approximate surface area is 171 Å². The predicted octanol–water partition coefficient (Wildman–Crippen LogP) is 2.90. The molecule has 0 saturated carbocycles. The zero-order chi connectivity index (χ0) is 21.0. The van der Waals surface area contributed by atoms with E-state index < -0.39 is 15.9 Å². The van der Waals surface area contributed by atoms with Gasteiger partial charge >= 0.3 is 0 Å². The maximum atomic E-state index is 13.0. The highest BCUT2D eigenvalue weighted by atomic mass is 32.2. The van der Waals surface area contributed by atoms with Crippen LogP contribution in [0.3, 0.4) is 0 Å². The second-order valence-corrected chi connectivity index (χ2v) is 9.29. The highest BCUT2D eigenvalue weighted by Gasteiger charge is 2.34. The van der Waals surface area contributed by atoms with Gasteiger partial charge in [-0.1, -0.05) is 0 Å². The lowest BCUT2D eigenvalue weighted by Crippen LogP contribution is -2.43. The van der Waals surface area contributed by atoms with Crippen molar-refractivity contribution in [2.75, 3.05) is 25.0 Å². The van der Waals surface area contributed by atoms with Gasteiger partial charge in [-0.05, 0) is 57.9 Å². The third-order valence-corrected chi connectivity index (χ3v) is 6.72. The average Bonchev–Trinajstić information content (AvgIpc) is 3.21. The predicted molar refractivity (Wildman–Crippen MR) is 110 cm³/mol. The van der Waals surface area contributed by atoms with Crippen LogP contribution in [-0.4, -0.2) is 47.9 Å². The molecule has 3 rings (SSSR count). The van der Waals surface area contributed by atoms with Crippen LogP contribution in [0.1, 0.15) is 39.7 Å². The first-order chi connectivity index (χ1) is 13.8. The fraction of sp³-hybridized carbons (Fsp3) is 0.500. The summed E-state index contributed by atoms with van der Waals surface area (Å²) in [7, 11) is -3.72. The fourth-order valence-electron chi connectivity index (χ4n) is 3.29. The minimum absolute atomic E-state index is 0.0266. The first-order valence-electron chi connectivity index (χ1n) is 9.88. The molecule has 1 amide bonds. The molecule has 158 valence electrons. The molecule has 1 fully saturated rings. The molecule has 0 spiro atoms. The number of rotatable bonds is 7. The lowest BCUT2D eigenvalue weighted by molar-refractivity contribution is -0.120. The van der Waals surface area contributed by atoms with Crippen LogP contribution in [0.2, 0.25) is 0 Å². The Balaban J connectivity index is 1.66. The van der Waals surface area contributed by atoms with E-state index in [1.54, 1.807) is 35.0 Å². The van der Waals surface area contributed by atoms with E-state index in [-0.39, 0.29) is 23.5 Å². The molecule has 0 bridgehead atoms. The maximum absolute atomic E-state index is 13.0. The molecular weight excluding hydrogens is 392 g/mol. The molecule has 2 heterocycles. The largest absolute Gasteiger partial charge is 0.494 e. The third kappa shape index (κ3) is 4.97. The molecule has 0 unspecified atom stereocenters. The van der Waals surface area contributed by atoms with Gasteiger partial charge in [0.05, 0.1) is 18.9 Å². The highest BCUT2D eigenvalue weighted by molar-refractivity contribution is 7.89. The van der Waals surface area contributed by atoms with E-state index in [9.17, 15) is 13.2 Å². The molecule has 1 aromatic carbocycles. The molecule has 1 aromatic heterocycles. The van der Waals surface area contributed by atoms with Crippen molar-refractivity contribution in [1.82, 2.24) is 13.9 Å². The Hall–Kier alpha value is -2.39. The summed E-state index contributed by atoms with van der Waals surface area (Å²) in [5.74, 6) is 0.153. The fourth-order valence-corrected chi connectivity index (χ4v) is 4.73. The van der Waals surface area contributed by atoms with Crippen LogP contribution in [0.4, 0.5) is 5.69 Å². The highest BCUT2D eigenvalue weighted by Crippen LogP contribution is 2.25. The third-order valence-electron chi connectivity index (χ3n) is 4.97. The molecule has 29 heavy (non-hydrogen) atoms. The number of piperidine rings is 1. The number of sulfonamides is 1. The number of aromatic nitrogens is 2. The number of hydrogen-bond acceptors (Lipinski definition) is 5. The normalized spacial score (nSPS) is 18.0. The number of nitrogens with one attached hydrogen (secondary N) is 1. The summed E-state index contributed by atoms with van der Waals surface area (Å²) in [4.78, 5) is 16.8. The van der Waals surface area contributed by atoms with Gasteiger partial charge in [-0.25, -0.2) is 13.4 Å². The standard InChI is InChI=1S/C20H28N4O4S/c1-4-28-18-9-7-17(8-10-18)22-20(25)16-6-5-11-24(12-16)29(26,27)19-13-23(14-21-19)15(2)3/h7-10,13-16H,4-6,11-12H2,1-3H3,(H,22,25)/t16-/m0/s1. The Kier molecular flexibility index (Phi) is 6.59. The number of anilines is 1. The van der Waals surface area contributed by atoms with Crippen LogP contribution in [0, 0.1) is 5.92 Å². The van der Waals surface area contributed by atoms with E-state index in [0.717, 1.165) is 5.75 Å². The Bertz CT molecular complexity index is 938. The first-order valence-corrected chi connectivity index (χ1v) is 11.3. The van der Waals surface area contributed by atoms with Gasteiger partial charge in [0, 0.05) is 31.0 Å². The molecule has 0 radical (unpaired) electrons. The number of benzene rings is 1. The van der Waals surface area contributed by atoms with Crippen molar-refractivity contribution in [1.29, 1.82) is 0 Å². The number of carbonyl (C=O) groups excluding carboxylic acids is 1. The zero-order valence-corrected chi connectivity index (χ0v) is 17.9. The van der Waals surface area contributed by atoms with Crippen LogP contribution < -0.4 is 10.1 Å². The summed E-state index contributed by atoms with van der Waals surface area (Å²) in [5.41, 5.74) is 0.661. The molecule has 2 aromatic rings. The first kappa shape index (κ1) is 21.3. The lowest BCUT2D eigenvalue weighted by atomic mass is 9.99. The Morgan fingerprint density at radius 3 is 2.66 bits per heavy atom. The summed E-state index contributed by atoms with van der Waals surface area (Å²) in [6, 6.07) is 7.27. The van der Waals surface area contributed by atoms with Crippen molar-refractivity contribution >= 4 is 21.6 Å². The van der Waals surface area contributed by atoms with Gasteiger partial charge in [-0.3, -0.25) is 4.79 Å². The van der Waals surface area contributed by atoms with E-state index in [2.05, 4.69) is 10.3 Å². The van der Waals surface area contributed by atoms with Crippen molar-refractivity contribution in [2.45, 2.75) is 44.7 Å². The summed E-state index contributed by atoms with van der Waals surface area (Å²) in [6.45, 7) is 6.95. The van der Waals surface area contributed by atoms with Crippen LogP contribution in [0.25, 0.3) is 0 Å². The van der Waals surface area contributed by atoms with E-state index in [4.69, 9.17) is 4.74 Å². The van der Waals surface area contributed by atoms with E-state index in [1.807, 2.05) is 20.8 Å². The number of imidazole rings is 1. The molecule has 1 N–H and O–H groups in total. The molecule has 9 heteroatoms. The summed E-state index contributed by atoms with van der Waals surface area (Å²) in [5, 5.41) is 2.90. The smallest absolute Gasteiger partial charge is 0.262 e. The average molecular weight is 421 g/mol. The second kappa shape index (κ2) is 8.96. The van der Waals surface area contributed by atoms with Crippen molar-refractivity contribution < 1.29 is 17.9 Å². The van der Waals surface area contributed by atoms with Crippen molar-refractivity contribution in [2.24, 2.45) is 5.92 Å². The van der Waals surface area contributed by atoms with Gasteiger partial charge in [-0.15, -0.1) is 0 Å². The van der Waals surface area contributed by atoms with E-state index >= 15 is 0 Å². The molecular formula is C20H28N4O4S. The van der Waals surface area contributed by atoms with Crippen LogP contribution >= 0.6 is 0 Å². The minimum Gasteiger partial charge on any atom is -0.494 e. The molecule has 8 nitrogen and oxygen atoms in total. The topological polar surface area (TPSA) is 93.5 Å². The molecule has 1 aliphatic rings. The van der Waals surface area contributed by atoms with Crippen molar-refractivity contribution in [3.63, 3.8) is 0 Å². The maximum Gasteiger partial charge on any atom is 0.262 e. The number of nitrogens with zero attached hydrogens (tertiary/aromatic N) is 3. The number of carbonyl (C=O) groups is 1. The van der Waals surface area contributed by atoms with E-state index in [0.29, 0.717) is 31.7 Å². The quantitative estimate of drug-likeness (QED) is 0.743. The SMILES string of the molecule is CCOc1ccc(NC(=O)[C@H]2CCCN(S(=O)(=O)c3cn(C(C)C)cn3)C2)cc1. The van der Waals surface area contributed by atoms with Gasteiger partial charge < -0.3 is 14.6 Å². The van der Waals surface area contributed by atoms with Gasteiger partial charge in [0.1, 0.15) is 5.75 Å². The molecule has 1 saturated heterocycles. The Morgan fingerprint density at radius 1 is 1.31 bits per heavy atom.